The van der Waals surface area contributed by atoms with Crippen LogP contribution in [0.2, 0.25) is 0 Å². The van der Waals surface area contributed by atoms with Gasteiger partial charge in [-0.15, -0.1) is 0 Å². The minimum Gasteiger partial charge on any atom is -0.382 e. The molecule has 1 aromatic rings. The third-order valence-electron chi connectivity index (χ3n) is 4.41. The van der Waals surface area contributed by atoms with E-state index < -0.39 is 0 Å². The van der Waals surface area contributed by atoms with Crippen LogP contribution in [0.1, 0.15) is 32.6 Å². The summed E-state index contributed by atoms with van der Waals surface area (Å²) in [6, 6.07) is 5.85. The molecule has 0 saturated heterocycles. The number of nitrogens with zero attached hydrogens (tertiary/aromatic N) is 2. The number of benzene rings is 1. The second kappa shape index (κ2) is 6.11. The van der Waals surface area contributed by atoms with Gasteiger partial charge in [0.1, 0.15) is 11.4 Å². The average molecular weight is 277 g/mol. The standard InChI is InChI=1S/C15H23N3O2/c1-11-7-4-5-9-13(11)17(3)14-10-6-8-12(16-2)15(14)18(19)20/h6,8,10-11,13,16H,4-5,7,9H2,1-3H3. The highest BCUT2D eigenvalue weighted by Gasteiger charge is 2.30. The highest BCUT2D eigenvalue weighted by molar-refractivity contribution is 5.77. The molecule has 2 unspecified atom stereocenters. The van der Waals surface area contributed by atoms with Gasteiger partial charge in [-0.2, -0.15) is 0 Å². The number of nitro benzene ring substituents is 1. The lowest BCUT2D eigenvalue weighted by molar-refractivity contribution is -0.383. The molecule has 1 N–H and O–H groups in total. The summed E-state index contributed by atoms with van der Waals surface area (Å²) in [5.41, 5.74) is 1.46. The molecule has 20 heavy (non-hydrogen) atoms. The summed E-state index contributed by atoms with van der Waals surface area (Å²) in [5.74, 6) is 0.576. The highest BCUT2D eigenvalue weighted by Crippen LogP contribution is 2.38. The molecule has 0 aromatic heterocycles. The summed E-state index contributed by atoms with van der Waals surface area (Å²) in [7, 11) is 3.70. The minimum atomic E-state index is -0.287. The molecule has 0 spiro atoms. The van der Waals surface area contributed by atoms with Crippen LogP contribution in [0, 0.1) is 16.0 Å². The quantitative estimate of drug-likeness (QED) is 0.674. The monoisotopic (exact) mass is 277 g/mol. The summed E-state index contributed by atoms with van der Waals surface area (Å²) in [4.78, 5) is 13.2. The summed E-state index contributed by atoms with van der Waals surface area (Å²) in [5, 5.41) is 14.3. The van der Waals surface area contributed by atoms with Crippen molar-refractivity contribution in [3.8, 4) is 0 Å². The van der Waals surface area contributed by atoms with Crippen LogP contribution in [0.5, 0.6) is 0 Å². The SMILES string of the molecule is CNc1cccc(N(C)C2CCCCC2C)c1[N+](=O)[O-]. The number of anilines is 2. The van der Waals surface area contributed by atoms with E-state index in [4.69, 9.17) is 0 Å². The Kier molecular flexibility index (Phi) is 4.47. The van der Waals surface area contributed by atoms with Crippen molar-refractivity contribution in [3.63, 3.8) is 0 Å². The molecule has 0 heterocycles. The van der Waals surface area contributed by atoms with Gasteiger partial charge in [-0.05, 0) is 30.9 Å². The van der Waals surface area contributed by atoms with Gasteiger partial charge in [0.15, 0.2) is 0 Å². The van der Waals surface area contributed by atoms with Gasteiger partial charge in [0.05, 0.1) is 4.92 Å². The Morgan fingerprint density at radius 3 is 2.65 bits per heavy atom. The maximum atomic E-state index is 11.4. The van der Waals surface area contributed by atoms with Crippen LogP contribution in [0.4, 0.5) is 17.1 Å². The van der Waals surface area contributed by atoms with E-state index in [9.17, 15) is 10.1 Å². The molecule has 5 heteroatoms. The first-order valence-corrected chi connectivity index (χ1v) is 7.24. The number of hydrogen-bond donors (Lipinski definition) is 1. The Hall–Kier alpha value is -1.78. The fraction of sp³-hybridized carbons (Fsp3) is 0.600. The lowest BCUT2D eigenvalue weighted by atomic mass is 9.85. The summed E-state index contributed by atoms with van der Waals surface area (Å²) >= 11 is 0. The predicted molar refractivity (Wildman–Crippen MR) is 82.5 cm³/mol. The molecule has 1 aliphatic carbocycles. The van der Waals surface area contributed by atoms with E-state index in [1.807, 2.05) is 19.2 Å². The van der Waals surface area contributed by atoms with E-state index in [1.54, 1.807) is 13.1 Å². The summed E-state index contributed by atoms with van der Waals surface area (Å²) in [6.07, 6.45) is 4.79. The summed E-state index contributed by atoms with van der Waals surface area (Å²) in [6.45, 7) is 2.24. The van der Waals surface area contributed by atoms with Crippen molar-refractivity contribution in [2.45, 2.75) is 38.6 Å². The molecule has 0 bridgehead atoms. The van der Waals surface area contributed by atoms with Crippen molar-refractivity contribution in [2.75, 3.05) is 24.3 Å². The Labute approximate surface area is 120 Å². The van der Waals surface area contributed by atoms with E-state index in [0.29, 0.717) is 23.3 Å². The fourth-order valence-electron chi connectivity index (χ4n) is 3.26. The first-order valence-electron chi connectivity index (χ1n) is 7.24. The zero-order chi connectivity index (χ0) is 14.7. The van der Waals surface area contributed by atoms with Gasteiger partial charge in [-0.25, -0.2) is 0 Å². The van der Waals surface area contributed by atoms with Crippen molar-refractivity contribution >= 4 is 17.1 Å². The number of rotatable bonds is 4. The highest BCUT2D eigenvalue weighted by atomic mass is 16.6. The molecular weight excluding hydrogens is 254 g/mol. The normalized spacial score (nSPS) is 22.4. The first kappa shape index (κ1) is 14.6. The van der Waals surface area contributed by atoms with Gasteiger partial charge in [-0.1, -0.05) is 25.8 Å². The molecule has 1 saturated carbocycles. The number of nitrogens with one attached hydrogen (secondary N) is 1. The molecule has 2 rings (SSSR count). The van der Waals surface area contributed by atoms with E-state index in [1.165, 1.54) is 19.3 Å². The lowest BCUT2D eigenvalue weighted by Gasteiger charge is -2.37. The number of hydrogen-bond acceptors (Lipinski definition) is 4. The van der Waals surface area contributed by atoms with E-state index in [0.717, 1.165) is 6.42 Å². The largest absolute Gasteiger partial charge is 0.382 e. The second-order valence-corrected chi connectivity index (χ2v) is 5.62. The maximum Gasteiger partial charge on any atom is 0.315 e. The van der Waals surface area contributed by atoms with E-state index in [-0.39, 0.29) is 10.6 Å². The molecule has 110 valence electrons. The third kappa shape index (κ3) is 2.71. The van der Waals surface area contributed by atoms with Gasteiger partial charge < -0.3 is 10.2 Å². The van der Waals surface area contributed by atoms with Gasteiger partial charge in [-0.3, -0.25) is 10.1 Å². The Bertz CT molecular complexity index is 490. The fourth-order valence-corrected chi connectivity index (χ4v) is 3.26. The van der Waals surface area contributed by atoms with Gasteiger partial charge in [0.25, 0.3) is 0 Å². The minimum absolute atomic E-state index is 0.176. The van der Waals surface area contributed by atoms with Gasteiger partial charge >= 0.3 is 5.69 Å². The Balaban J connectivity index is 2.38. The van der Waals surface area contributed by atoms with E-state index >= 15 is 0 Å². The number of nitro groups is 1. The molecule has 1 fully saturated rings. The first-order chi connectivity index (χ1) is 9.56. The number of para-hydroxylation sites is 1. The molecule has 0 amide bonds. The molecule has 1 aromatic carbocycles. The van der Waals surface area contributed by atoms with Gasteiger partial charge in [0, 0.05) is 20.1 Å². The van der Waals surface area contributed by atoms with Crippen LogP contribution in [0.15, 0.2) is 18.2 Å². The van der Waals surface area contributed by atoms with Crippen molar-refractivity contribution in [1.29, 1.82) is 0 Å². The Morgan fingerprint density at radius 1 is 1.35 bits per heavy atom. The molecule has 5 nitrogen and oxygen atoms in total. The van der Waals surface area contributed by atoms with Crippen molar-refractivity contribution < 1.29 is 4.92 Å². The summed E-state index contributed by atoms with van der Waals surface area (Å²) < 4.78 is 0. The van der Waals surface area contributed by atoms with Crippen LogP contribution >= 0.6 is 0 Å². The zero-order valence-corrected chi connectivity index (χ0v) is 12.4. The van der Waals surface area contributed by atoms with Crippen molar-refractivity contribution in [2.24, 2.45) is 5.92 Å². The van der Waals surface area contributed by atoms with Crippen LogP contribution in [0.3, 0.4) is 0 Å². The average Bonchev–Trinajstić information content (AvgIpc) is 2.46. The van der Waals surface area contributed by atoms with Crippen molar-refractivity contribution in [1.82, 2.24) is 0 Å². The van der Waals surface area contributed by atoms with Crippen LogP contribution in [0.25, 0.3) is 0 Å². The molecule has 1 aliphatic rings. The van der Waals surface area contributed by atoms with Crippen LogP contribution in [-0.2, 0) is 0 Å². The molecule has 2 atom stereocenters. The van der Waals surface area contributed by atoms with E-state index in [2.05, 4.69) is 17.1 Å². The molecular formula is C15H23N3O2. The third-order valence-corrected chi connectivity index (χ3v) is 4.41. The van der Waals surface area contributed by atoms with Crippen molar-refractivity contribution in [3.05, 3.63) is 28.3 Å². The van der Waals surface area contributed by atoms with Crippen LogP contribution in [-0.4, -0.2) is 25.1 Å². The lowest BCUT2D eigenvalue weighted by Crippen LogP contribution is -2.39. The second-order valence-electron chi connectivity index (χ2n) is 5.62. The molecule has 0 radical (unpaired) electrons. The van der Waals surface area contributed by atoms with Gasteiger partial charge in [0.2, 0.25) is 0 Å². The zero-order valence-electron chi connectivity index (χ0n) is 12.4. The molecule has 0 aliphatic heterocycles. The smallest absolute Gasteiger partial charge is 0.315 e. The maximum absolute atomic E-state index is 11.4. The Morgan fingerprint density at radius 2 is 2.05 bits per heavy atom. The topological polar surface area (TPSA) is 58.4 Å². The predicted octanol–water partition coefficient (Wildman–Crippen LogP) is 3.65. The van der Waals surface area contributed by atoms with Crippen LogP contribution < -0.4 is 10.2 Å².